The third-order valence-electron chi connectivity index (χ3n) is 6.23. The predicted molar refractivity (Wildman–Crippen MR) is 115 cm³/mol. The summed E-state index contributed by atoms with van der Waals surface area (Å²) in [6.07, 6.45) is 1.54. The molecule has 7 heteroatoms. The second-order valence-electron chi connectivity index (χ2n) is 8.20. The minimum atomic E-state index is -1.06. The Balaban J connectivity index is 1.38. The number of carboxylic acid groups (broad SMARTS) is 1. The second-order valence-corrected chi connectivity index (χ2v) is 8.20. The lowest BCUT2D eigenvalue weighted by Gasteiger charge is -2.25. The van der Waals surface area contributed by atoms with Gasteiger partial charge in [-0.1, -0.05) is 55.0 Å². The number of nitrogens with zero attached hydrogens (tertiary/aromatic N) is 1. The third-order valence-corrected chi connectivity index (χ3v) is 6.23. The first-order chi connectivity index (χ1) is 15.0. The van der Waals surface area contributed by atoms with Crippen LogP contribution in [0.4, 0.5) is 4.79 Å². The Hall–Kier alpha value is -3.35. The molecule has 0 aliphatic heterocycles. The molecular formula is C24H26N2O5. The number of carbonyl (C=O) groups excluding carboxylic acids is 2. The Morgan fingerprint density at radius 2 is 1.65 bits per heavy atom. The average Bonchev–Trinajstić information content (AvgIpc) is 3.33. The van der Waals surface area contributed by atoms with E-state index in [-0.39, 0.29) is 31.0 Å². The molecule has 0 radical (unpaired) electrons. The summed E-state index contributed by atoms with van der Waals surface area (Å²) >= 11 is 0. The van der Waals surface area contributed by atoms with Crippen molar-refractivity contribution >= 4 is 18.0 Å². The van der Waals surface area contributed by atoms with Gasteiger partial charge in [0.25, 0.3) is 0 Å². The van der Waals surface area contributed by atoms with E-state index >= 15 is 0 Å². The molecule has 2 amide bonds. The Labute approximate surface area is 181 Å². The summed E-state index contributed by atoms with van der Waals surface area (Å²) in [5, 5.41) is 11.8. The van der Waals surface area contributed by atoms with Gasteiger partial charge in [-0.25, -0.2) is 4.79 Å². The van der Waals surface area contributed by atoms with Gasteiger partial charge in [-0.15, -0.1) is 0 Å². The zero-order chi connectivity index (χ0) is 22.0. The molecule has 2 aromatic rings. The number of alkyl carbamates (subject to hydrolysis) is 1. The van der Waals surface area contributed by atoms with E-state index < -0.39 is 18.0 Å². The highest BCUT2D eigenvalue weighted by Crippen LogP contribution is 2.44. The van der Waals surface area contributed by atoms with E-state index in [2.05, 4.69) is 29.6 Å². The van der Waals surface area contributed by atoms with Crippen molar-refractivity contribution in [2.24, 2.45) is 5.92 Å². The van der Waals surface area contributed by atoms with E-state index in [9.17, 15) is 14.4 Å². The fourth-order valence-electron chi connectivity index (χ4n) is 4.78. The highest BCUT2D eigenvalue weighted by atomic mass is 16.5. The van der Waals surface area contributed by atoms with Crippen LogP contribution in [0.2, 0.25) is 0 Å². The first-order valence-corrected chi connectivity index (χ1v) is 10.5. The molecule has 0 spiro atoms. The number of hydrogen-bond donors (Lipinski definition) is 2. The highest BCUT2D eigenvalue weighted by Gasteiger charge is 2.36. The molecule has 2 N–H and O–H groups in total. The van der Waals surface area contributed by atoms with Crippen LogP contribution in [0.25, 0.3) is 11.1 Å². The van der Waals surface area contributed by atoms with Gasteiger partial charge in [-0.05, 0) is 35.1 Å². The Bertz CT molecular complexity index is 959. The molecule has 0 heterocycles. The molecule has 2 aliphatic carbocycles. The summed E-state index contributed by atoms with van der Waals surface area (Å²) in [4.78, 5) is 37.2. The van der Waals surface area contributed by atoms with Crippen LogP contribution in [0.5, 0.6) is 0 Å². The molecule has 4 rings (SSSR count). The van der Waals surface area contributed by atoms with Gasteiger partial charge in [0.2, 0.25) is 5.91 Å². The molecule has 0 unspecified atom stereocenters. The number of rotatable bonds is 6. The van der Waals surface area contributed by atoms with E-state index in [1.165, 1.54) is 11.9 Å². The number of aliphatic carboxylic acids is 1. The maximum atomic E-state index is 12.6. The van der Waals surface area contributed by atoms with Crippen molar-refractivity contribution in [1.82, 2.24) is 10.2 Å². The summed E-state index contributed by atoms with van der Waals surface area (Å²) in [6.45, 7) is -0.142. The summed E-state index contributed by atoms with van der Waals surface area (Å²) in [5.74, 6) is -1.77. The maximum absolute atomic E-state index is 12.6. The van der Waals surface area contributed by atoms with Crippen LogP contribution >= 0.6 is 0 Å². The van der Waals surface area contributed by atoms with Crippen molar-refractivity contribution in [2.45, 2.75) is 31.2 Å². The average molecular weight is 422 g/mol. The molecule has 0 saturated heterocycles. The normalized spacial score (nSPS) is 19.4. The van der Waals surface area contributed by atoms with Gasteiger partial charge in [0.1, 0.15) is 13.2 Å². The molecule has 31 heavy (non-hydrogen) atoms. The van der Waals surface area contributed by atoms with Crippen LogP contribution in [0.15, 0.2) is 48.5 Å². The third kappa shape index (κ3) is 4.26. The number of carboxylic acids is 1. The lowest BCUT2D eigenvalue weighted by molar-refractivity contribution is -0.145. The summed E-state index contributed by atoms with van der Waals surface area (Å²) < 4.78 is 5.59. The number of benzene rings is 2. The number of carbonyl (C=O) groups is 3. The van der Waals surface area contributed by atoms with E-state index in [4.69, 9.17) is 9.84 Å². The first-order valence-electron chi connectivity index (χ1n) is 10.5. The van der Waals surface area contributed by atoms with E-state index in [1.807, 2.05) is 24.3 Å². The van der Waals surface area contributed by atoms with Gasteiger partial charge in [-0.3, -0.25) is 9.59 Å². The molecule has 1 fully saturated rings. The van der Waals surface area contributed by atoms with Crippen LogP contribution in [0.3, 0.4) is 0 Å². The van der Waals surface area contributed by atoms with Gasteiger partial charge in [0, 0.05) is 19.0 Å². The zero-order valence-corrected chi connectivity index (χ0v) is 17.4. The van der Waals surface area contributed by atoms with Crippen molar-refractivity contribution in [3.05, 3.63) is 59.7 Å². The SMILES string of the molecule is CN(CC(=O)O)C(=O)[C@@H]1CCC[C@@H]1NC(=O)OCC1c2ccccc2-c2ccccc21. The van der Waals surface area contributed by atoms with Crippen molar-refractivity contribution in [1.29, 1.82) is 0 Å². The van der Waals surface area contributed by atoms with Crippen LogP contribution in [-0.2, 0) is 14.3 Å². The van der Waals surface area contributed by atoms with E-state index in [0.717, 1.165) is 28.7 Å². The largest absolute Gasteiger partial charge is 0.480 e. The Kier molecular flexibility index (Phi) is 5.93. The van der Waals surface area contributed by atoms with E-state index in [1.54, 1.807) is 0 Å². The number of fused-ring (bicyclic) bond motifs is 3. The topological polar surface area (TPSA) is 95.9 Å². The van der Waals surface area contributed by atoms with Gasteiger partial charge >= 0.3 is 12.1 Å². The number of ether oxygens (including phenoxy) is 1. The molecular weight excluding hydrogens is 396 g/mol. The molecule has 0 aromatic heterocycles. The van der Waals surface area contributed by atoms with Crippen LogP contribution in [-0.4, -0.2) is 54.2 Å². The maximum Gasteiger partial charge on any atom is 0.407 e. The monoisotopic (exact) mass is 422 g/mol. The predicted octanol–water partition coefficient (Wildman–Crippen LogP) is 3.24. The molecule has 7 nitrogen and oxygen atoms in total. The number of likely N-dealkylation sites (N-methyl/N-ethyl adjacent to an activating group) is 1. The summed E-state index contributed by atoms with van der Waals surface area (Å²) in [7, 11) is 1.47. The molecule has 1 saturated carbocycles. The van der Waals surface area contributed by atoms with E-state index in [0.29, 0.717) is 12.8 Å². The fourth-order valence-corrected chi connectivity index (χ4v) is 4.78. The van der Waals surface area contributed by atoms with Gasteiger partial charge in [0.05, 0.1) is 5.92 Å². The Morgan fingerprint density at radius 3 is 2.26 bits per heavy atom. The van der Waals surface area contributed by atoms with Crippen molar-refractivity contribution in [2.75, 3.05) is 20.2 Å². The van der Waals surface area contributed by atoms with Crippen molar-refractivity contribution < 1.29 is 24.2 Å². The summed E-state index contributed by atoms with van der Waals surface area (Å²) in [6, 6.07) is 15.9. The Morgan fingerprint density at radius 1 is 1.03 bits per heavy atom. The smallest absolute Gasteiger partial charge is 0.407 e. The lowest BCUT2D eigenvalue weighted by atomic mass is 9.98. The second kappa shape index (κ2) is 8.79. The molecule has 2 atom stereocenters. The van der Waals surface area contributed by atoms with Crippen molar-refractivity contribution in [3.63, 3.8) is 0 Å². The minimum Gasteiger partial charge on any atom is -0.480 e. The molecule has 162 valence electrons. The minimum absolute atomic E-state index is 0.0270. The number of hydrogen-bond acceptors (Lipinski definition) is 4. The quantitative estimate of drug-likeness (QED) is 0.745. The molecule has 2 aromatic carbocycles. The van der Waals surface area contributed by atoms with Crippen LogP contribution in [0, 0.1) is 5.92 Å². The zero-order valence-electron chi connectivity index (χ0n) is 17.4. The molecule has 0 bridgehead atoms. The lowest BCUT2D eigenvalue weighted by Crippen LogP contribution is -2.45. The number of nitrogens with one attached hydrogen (secondary N) is 1. The number of amides is 2. The van der Waals surface area contributed by atoms with Gasteiger partial charge in [0.15, 0.2) is 0 Å². The van der Waals surface area contributed by atoms with Gasteiger partial charge in [-0.2, -0.15) is 0 Å². The standard InChI is InChI=1S/C24H26N2O5/c1-26(13-22(27)28)23(29)19-11-6-12-21(19)25-24(30)31-14-20-17-9-4-2-7-15(17)16-8-3-5-10-18(16)20/h2-5,7-10,19-21H,6,11-14H2,1H3,(H,25,30)(H,27,28)/t19-,21+/m1/s1. The van der Waals surface area contributed by atoms with Gasteiger partial charge < -0.3 is 20.1 Å². The highest BCUT2D eigenvalue weighted by molar-refractivity contribution is 5.84. The van der Waals surface area contributed by atoms with Crippen molar-refractivity contribution in [3.8, 4) is 11.1 Å². The fraction of sp³-hybridized carbons (Fsp3) is 0.375. The van der Waals surface area contributed by atoms with Crippen LogP contribution < -0.4 is 5.32 Å². The first kappa shape index (κ1) is 20.9. The summed E-state index contributed by atoms with van der Waals surface area (Å²) in [5.41, 5.74) is 4.60. The molecule has 2 aliphatic rings. The van der Waals surface area contributed by atoms with Crippen LogP contribution in [0.1, 0.15) is 36.3 Å².